The minimum atomic E-state index is -0.471. The van der Waals surface area contributed by atoms with Crippen molar-refractivity contribution in [2.75, 3.05) is 13.7 Å². The van der Waals surface area contributed by atoms with Crippen LogP contribution in [-0.4, -0.2) is 31.0 Å². The lowest BCUT2D eigenvalue weighted by molar-refractivity contribution is -0.0247. The molecule has 0 bridgehead atoms. The molecule has 0 amide bonds. The van der Waals surface area contributed by atoms with Crippen molar-refractivity contribution < 1.29 is 14.6 Å². The molecule has 1 aliphatic heterocycles. The molecule has 1 aliphatic rings. The smallest absolute Gasteiger partial charge is 0.108 e. The monoisotopic (exact) mass is 250 g/mol. The van der Waals surface area contributed by atoms with Gasteiger partial charge in [-0.2, -0.15) is 0 Å². The van der Waals surface area contributed by atoms with Crippen molar-refractivity contribution >= 4 is 0 Å². The molecule has 2 rings (SSSR count). The number of aliphatic hydroxyl groups excluding tert-OH is 1. The maximum Gasteiger partial charge on any atom is 0.108 e. The van der Waals surface area contributed by atoms with Crippen LogP contribution in [0.25, 0.3) is 0 Å². The quantitative estimate of drug-likeness (QED) is 0.843. The highest BCUT2D eigenvalue weighted by Gasteiger charge is 2.23. The molecule has 0 radical (unpaired) electrons. The van der Waals surface area contributed by atoms with E-state index in [1.165, 1.54) is 0 Å². The Balaban J connectivity index is 1.87. The SMILES string of the molecule is COC(c1ccccc1)C(O)CCC1CCCO1. The molecule has 3 heteroatoms. The van der Waals surface area contributed by atoms with E-state index in [9.17, 15) is 5.11 Å². The van der Waals surface area contributed by atoms with Gasteiger partial charge in [-0.3, -0.25) is 0 Å². The van der Waals surface area contributed by atoms with Crippen molar-refractivity contribution in [3.05, 3.63) is 35.9 Å². The third-order valence-corrected chi connectivity index (χ3v) is 3.54. The minimum absolute atomic E-state index is 0.243. The van der Waals surface area contributed by atoms with Crippen molar-refractivity contribution in [3.63, 3.8) is 0 Å². The van der Waals surface area contributed by atoms with E-state index >= 15 is 0 Å². The highest BCUT2D eigenvalue weighted by molar-refractivity contribution is 5.18. The van der Waals surface area contributed by atoms with E-state index in [0.29, 0.717) is 6.10 Å². The summed E-state index contributed by atoms with van der Waals surface area (Å²) in [6, 6.07) is 9.88. The van der Waals surface area contributed by atoms with Crippen molar-refractivity contribution in [3.8, 4) is 0 Å². The van der Waals surface area contributed by atoms with E-state index < -0.39 is 6.10 Å². The van der Waals surface area contributed by atoms with E-state index in [2.05, 4.69) is 0 Å². The predicted molar refractivity (Wildman–Crippen MR) is 70.4 cm³/mol. The van der Waals surface area contributed by atoms with Crippen LogP contribution >= 0.6 is 0 Å². The normalized spacial score (nSPS) is 22.9. The maximum absolute atomic E-state index is 10.2. The summed E-state index contributed by atoms with van der Waals surface area (Å²) in [4.78, 5) is 0. The molecule has 1 fully saturated rings. The molecule has 0 saturated carbocycles. The van der Waals surface area contributed by atoms with E-state index in [1.54, 1.807) is 7.11 Å². The molecule has 1 saturated heterocycles. The number of methoxy groups -OCH3 is 1. The van der Waals surface area contributed by atoms with Crippen LogP contribution in [0.1, 0.15) is 37.4 Å². The molecule has 0 spiro atoms. The Kier molecular flexibility index (Phi) is 5.17. The predicted octanol–water partition coefficient (Wildman–Crippen LogP) is 2.69. The van der Waals surface area contributed by atoms with Crippen molar-refractivity contribution in [2.45, 2.75) is 44.0 Å². The molecule has 1 N–H and O–H groups in total. The number of benzene rings is 1. The van der Waals surface area contributed by atoms with Gasteiger partial charge in [0, 0.05) is 13.7 Å². The van der Waals surface area contributed by atoms with Crippen LogP contribution in [0.2, 0.25) is 0 Å². The zero-order valence-electron chi connectivity index (χ0n) is 10.9. The van der Waals surface area contributed by atoms with Gasteiger partial charge in [-0.05, 0) is 31.2 Å². The Labute approximate surface area is 109 Å². The first-order valence-corrected chi connectivity index (χ1v) is 6.68. The van der Waals surface area contributed by atoms with Gasteiger partial charge in [-0.25, -0.2) is 0 Å². The zero-order valence-corrected chi connectivity index (χ0v) is 10.9. The van der Waals surface area contributed by atoms with E-state index in [0.717, 1.165) is 37.9 Å². The molecule has 1 aromatic rings. The zero-order chi connectivity index (χ0) is 12.8. The Morgan fingerprint density at radius 1 is 1.39 bits per heavy atom. The summed E-state index contributed by atoms with van der Waals surface area (Å²) in [6.07, 6.45) is 3.51. The molecular weight excluding hydrogens is 228 g/mol. The molecular formula is C15H22O3. The van der Waals surface area contributed by atoms with Crippen LogP contribution < -0.4 is 0 Å². The lowest BCUT2D eigenvalue weighted by Gasteiger charge is -2.23. The average Bonchev–Trinajstić information content (AvgIpc) is 2.92. The molecule has 1 aromatic carbocycles. The number of hydrogen-bond acceptors (Lipinski definition) is 3. The fourth-order valence-electron chi connectivity index (χ4n) is 2.54. The highest BCUT2D eigenvalue weighted by Crippen LogP contribution is 2.25. The molecule has 18 heavy (non-hydrogen) atoms. The second-order valence-electron chi connectivity index (χ2n) is 4.85. The summed E-state index contributed by atoms with van der Waals surface area (Å²) in [5.74, 6) is 0. The van der Waals surface area contributed by atoms with Crippen LogP contribution in [0.4, 0.5) is 0 Å². The van der Waals surface area contributed by atoms with Gasteiger partial charge in [0.05, 0.1) is 12.2 Å². The molecule has 3 nitrogen and oxygen atoms in total. The summed E-state index contributed by atoms with van der Waals surface area (Å²) in [5.41, 5.74) is 1.03. The second kappa shape index (κ2) is 6.88. The third-order valence-electron chi connectivity index (χ3n) is 3.54. The summed E-state index contributed by atoms with van der Waals surface area (Å²) in [5, 5.41) is 10.2. The first-order valence-electron chi connectivity index (χ1n) is 6.68. The first-order chi connectivity index (χ1) is 8.81. The van der Waals surface area contributed by atoms with Gasteiger partial charge < -0.3 is 14.6 Å². The van der Waals surface area contributed by atoms with E-state index in [-0.39, 0.29) is 6.10 Å². The van der Waals surface area contributed by atoms with Gasteiger partial charge in [0.1, 0.15) is 6.10 Å². The van der Waals surface area contributed by atoms with Gasteiger partial charge in [0.15, 0.2) is 0 Å². The van der Waals surface area contributed by atoms with Crippen molar-refractivity contribution in [2.24, 2.45) is 0 Å². The number of aliphatic hydroxyl groups is 1. The van der Waals surface area contributed by atoms with Crippen molar-refractivity contribution in [1.29, 1.82) is 0 Å². The molecule has 100 valence electrons. The molecule has 0 aliphatic carbocycles. The van der Waals surface area contributed by atoms with Crippen LogP contribution in [-0.2, 0) is 9.47 Å². The maximum atomic E-state index is 10.2. The van der Waals surface area contributed by atoms with Gasteiger partial charge in [-0.1, -0.05) is 30.3 Å². The molecule has 0 aromatic heterocycles. The third kappa shape index (κ3) is 3.55. The van der Waals surface area contributed by atoms with Crippen LogP contribution in [0.5, 0.6) is 0 Å². The Morgan fingerprint density at radius 2 is 2.17 bits per heavy atom. The van der Waals surface area contributed by atoms with Gasteiger partial charge in [-0.15, -0.1) is 0 Å². The first kappa shape index (κ1) is 13.5. The van der Waals surface area contributed by atoms with E-state index in [1.807, 2.05) is 30.3 Å². The van der Waals surface area contributed by atoms with Crippen LogP contribution in [0, 0.1) is 0 Å². The Bertz CT molecular complexity index is 333. The fourth-order valence-corrected chi connectivity index (χ4v) is 2.54. The lowest BCUT2D eigenvalue weighted by Crippen LogP contribution is -2.22. The number of hydrogen-bond donors (Lipinski definition) is 1. The van der Waals surface area contributed by atoms with Crippen LogP contribution in [0.15, 0.2) is 30.3 Å². The van der Waals surface area contributed by atoms with E-state index in [4.69, 9.17) is 9.47 Å². The highest BCUT2D eigenvalue weighted by atomic mass is 16.5. The van der Waals surface area contributed by atoms with Crippen molar-refractivity contribution in [1.82, 2.24) is 0 Å². The largest absolute Gasteiger partial charge is 0.390 e. The summed E-state index contributed by atoms with van der Waals surface area (Å²) in [7, 11) is 1.65. The minimum Gasteiger partial charge on any atom is -0.390 e. The molecule has 3 atom stereocenters. The molecule has 3 unspecified atom stereocenters. The van der Waals surface area contributed by atoms with Gasteiger partial charge in [0.25, 0.3) is 0 Å². The topological polar surface area (TPSA) is 38.7 Å². The Morgan fingerprint density at radius 3 is 2.78 bits per heavy atom. The number of rotatable bonds is 6. The second-order valence-corrected chi connectivity index (χ2v) is 4.85. The summed E-state index contributed by atoms with van der Waals surface area (Å²) < 4.78 is 11.0. The molecule has 1 heterocycles. The lowest BCUT2D eigenvalue weighted by atomic mass is 9.99. The number of ether oxygens (including phenoxy) is 2. The Hall–Kier alpha value is -0.900. The van der Waals surface area contributed by atoms with Crippen LogP contribution in [0.3, 0.4) is 0 Å². The fraction of sp³-hybridized carbons (Fsp3) is 0.600. The average molecular weight is 250 g/mol. The van der Waals surface area contributed by atoms with Gasteiger partial charge >= 0.3 is 0 Å². The summed E-state index contributed by atoms with van der Waals surface area (Å²) in [6.45, 7) is 0.868. The van der Waals surface area contributed by atoms with Gasteiger partial charge in [0.2, 0.25) is 0 Å². The standard InChI is InChI=1S/C15H22O3/c1-17-15(12-6-3-2-4-7-12)14(16)10-9-13-8-5-11-18-13/h2-4,6-7,13-16H,5,8-11H2,1H3. The summed E-state index contributed by atoms with van der Waals surface area (Å²) >= 11 is 0.